The van der Waals surface area contributed by atoms with Crippen LogP contribution in [0.15, 0.2) is 0 Å². The van der Waals surface area contributed by atoms with Crippen LogP contribution in [-0.2, 0) is 14.3 Å². The number of hydrogen-bond donors (Lipinski definition) is 3. The van der Waals surface area contributed by atoms with Gasteiger partial charge in [-0.05, 0) is 27.2 Å². The molecule has 1 saturated carbocycles. The van der Waals surface area contributed by atoms with Gasteiger partial charge >= 0.3 is 0 Å². The van der Waals surface area contributed by atoms with Gasteiger partial charge < -0.3 is 21.1 Å². The average molecular weight is 350 g/mol. The maximum absolute atomic E-state index is 12.5. The lowest BCUT2D eigenvalue weighted by Crippen LogP contribution is -2.76. The second-order valence-corrected chi connectivity index (χ2v) is 6.85. The summed E-state index contributed by atoms with van der Waals surface area (Å²) < 4.78 is 5.62. The Hall–Kier alpha value is -0.850. The fourth-order valence-electron chi connectivity index (χ4n) is 2.68. The quantitative estimate of drug-likeness (QED) is 0.647. The second-order valence-electron chi connectivity index (χ2n) is 6.85. The molecule has 6 nitrogen and oxygen atoms in total. The molecule has 0 saturated heterocycles. The minimum absolute atomic E-state index is 0. The van der Waals surface area contributed by atoms with E-state index >= 15 is 0 Å². The SMILES string of the molecule is CCOC1CC(N)(C(=O)NC(C)C(=O)NC(C)CC)C1(C)C.Cl. The molecule has 0 aromatic rings. The summed E-state index contributed by atoms with van der Waals surface area (Å²) >= 11 is 0. The molecule has 0 radical (unpaired) electrons. The molecule has 0 aromatic heterocycles. The first-order valence-corrected chi connectivity index (χ1v) is 8.11. The number of ether oxygens (including phenoxy) is 1. The number of halogens is 1. The van der Waals surface area contributed by atoms with E-state index in [9.17, 15) is 9.59 Å². The minimum Gasteiger partial charge on any atom is -0.378 e. The van der Waals surface area contributed by atoms with Gasteiger partial charge in [-0.2, -0.15) is 0 Å². The van der Waals surface area contributed by atoms with Crippen LogP contribution in [0.4, 0.5) is 0 Å². The molecule has 1 aliphatic rings. The Morgan fingerprint density at radius 3 is 2.26 bits per heavy atom. The van der Waals surface area contributed by atoms with Gasteiger partial charge in [0.25, 0.3) is 0 Å². The molecule has 1 rings (SSSR count). The van der Waals surface area contributed by atoms with E-state index in [4.69, 9.17) is 10.5 Å². The van der Waals surface area contributed by atoms with Crippen molar-refractivity contribution in [2.75, 3.05) is 6.61 Å². The van der Waals surface area contributed by atoms with E-state index in [0.29, 0.717) is 13.0 Å². The normalized spacial score (nSPS) is 27.9. The van der Waals surface area contributed by atoms with Crippen LogP contribution in [0.3, 0.4) is 0 Å². The molecule has 0 spiro atoms. The largest absolute Gasteiger partial charge is 0.378 e. The maximum atomic E-state index is 12.5. The predicted octanol–water partition coefficient (Wildman–Crippen LogP) is 1.36. The van der Waals surface area contributed by atoms with E-state index in [1.54, 1.807) is 6.92 Å². The highest BCUT2D eigenvalue weighted by atomic mass is 35.5. The number of carbonyl (C=O) groups excluding carboxylic acids is 2. The molecule has 0 bridgehead atoms. The third-order valence-electron chi connectivity index (χ3n) is 4.98. The lowest BCUT2D eigenvalue weighted by atomic mass is 9.54. The fourth-order valence-corrected chi connectivity index (χ4v) is 2.68. The van der Waals surface area contributed by atoms with Crippen molar-refractivity contribution in [3.63, 3.8) is 0 Å². The molecule has 1 fully saturated rings. The predicted molar refractivity (Wildman–Crippen MR) is 93.5 cm³/mol. The van der Waals surface area contributed by atoms with Crippen LogP contribution in [0, 0.1) is 5.41 Å². The van der Waals surface area contributed by atoms with Crippen molar-refractivity contribution >= 4 is 24.2 Å². The lowest BCUT2D eigenvalue weighted by molar-refractivity contribution is -0.171. The molecular weight excluding hydrogens is 318 g/mol. The molecule has 136 valence electrons. The highest BCUT2D eigenvalue weighted by molar-refractivity contribution is 5.93. The monoisotopic (exact) mass is 349 g/mol. The van der Waals surface area contributed by atoms with E-state index in [0.717, 1.165) is 6.42 Å². The van der Waals surface area contributed by atoms with E-state index < -0.39 is 17.0 Å². The summed E-state index contributed by atoms with van der Waals surface area (Å²) in [5.41, 5.74) is 4.84. The fraction of sp³-hybridized carbons (Fsp3) is 0.875. The van der Waals surface area contributed by atoms with E-state index in [1.165, 1.54) is 0 Å². The van der Waals surface area contributed by atoms with Crippen molar-refractivity contribution in [3.8, 4) is 0 Å². The Kier molecular flexibility index (Phi) is 8.00. The number of nitrogens with two attached hydrogens (primary N) is 1. The van der Waals surface area contributed by atoms with Crippen molar-refractivity contribution in [2.45, 2.75) is 78.1 Å². The summed E-state index contributed by atoms with van der Waals surface area (Å²) in [5.74, 6) is -0.481. The van der Waals surface area contributed by atoms with Gasteiger partial charge in [-0.1, -0.05) is 20.8 Å². The zero-order valence-electron chi connectivity index (χ0n) is 15.1. The molecule has 2 amide bonds. The van der Waals surface area contributed by atoms with Crippen molar-refractivity contribution in [1.82, 2.24) is 10.6 Å². The number of rotatable bonds is 7. The Bertz CT molecular complexity index is 431. The van der Waals surface area contributed by atoms with Crippen LogP contribution in [0.1, 0.15) is 54.4 Å². The van der Waals surface area contributed by atoms with Gasteiger partial charge in [0, 0.05) is 24.5 Å². The molecule has 1 aliphatic carbocycles. The molecule has 4 unspecified atom stereocenters. The Labute approximate surface area is 145 Å². The number of amides is 2. The molecule has 23 heavy (non-hydrogen) atoms. The van der Waals surface area contributed by atoms with Crippen LogP contribution in [0.5, 0.6) is 0 Å². The summed E-state index contributed by atoms with van der Waals surface area (Å²) in [5, 5.41) is 5.59. The molecule has 0 aliphatic heterocycles. The summed E-state index contributed by atoms with van der Waals surface area (Å²) in [6.45, 7) is 12.0. The molecule has 7 heteroatoms. The van der Waals surface area contributed by atoms with Crippen molar-refractivity contribution in [3.05, 3.63) is 0 Å². The van der Waals surface area contributed by atoms with Gasteiger partial charge in [-0.15, -0.1) is 12.4 Å². The second kappa shape index (κ2) is 8.31. The molecule has 4 atom stereocenters. The van der Waals surface area contributed by atoms with E-state index in [-0.39, 0.29) is 36.4 Å². The summed E-state index contributed by atoms with van der Waals surface area (Å²) in [6.07, 6.45) is 1.29. The third kappa shape index (κ3) is 4.37. The number of hydrogen-bond acceptors (Lipinski definition) is 4. The van der Waals surface area contributed by atoms with Gasteiger partial charge in [0.05, 0.1) is 6.10 Å². The van der Waals surface area contributed by atoms with Gasteiger partial charge in [0.15, 0.2) is 0 Å². The van der Waals surface area contributed by atoms with Crippen LogP contribution in [0.25, 0.3) is 0 Å². The van der Waals surface area contributed by atoms with Crippen molar-refractivity contribution in [1.29, 1.82) is 0 Å². The number of carbonyl (C=O) groups is 2. The van der Waals surface area contributed by atoms with Crippen LogP contribution in [-0.4, -0.2) is 42.1 Å². The highest BCUT2D eigenvalue weighted by Gasteiger charge is 2.63. The lowest BCUT2D eigenvalue weighted by Gasteiger charge is -2.57. The molecule has 0 aromatic carbocycles. The van der Waals surface area contributed by atoms with Crippen LogP contribution in [0.2, 0.25) is 0 Å². The topological polar surface area (TPSA) is 93.4 Å². The average Bonchev–Trinajstić information content (AvgIpc) is 2.46. The standard InChI is InChI=1S/C16H31N3O3.ClH/c1-7-10(3)18-13(20)11(4)19-14(21)16(17)9-12(22-8-2)15(16,5)6;/h10-12H,7-9,17H2,1-6H3,(H,18,20)(H,19,21);1H. The first-order valence-electron chi connectivity index (χ1n) is 8.11. The first kappa shape index (κ1) is 22.1. The van der Waals surface area contributed by atoms with Crippen molar-refractivity contribution < 1.29 is 14.3 Å². The Morgan fingerprint density at radius 1 is 1.26 bits per heavy atom. The minimum atomic E-state index is -1.00. The Morgan fingerprint density at radius 2 is 1.83 bits per heavy atom. The first-order chi connectivity index (χ1) is 10.1. The van der Waals surface area contributed by atoms with Crippen LogP contribution < -0.4 is 16.4 Å². The summed E-state index contributed by atoms with van der Waals surface area (Å²) in [4.78, 5) is 24.5. The highest BCUT2D eigenvalue weighted by Crippen LogP contribution is 2.49. The number of nitrogens with one attached hydrogen (secondary N) is 2. The van der Waals surface area contributed by atoms with E-state index in [1.807, 2.05) is 34.6 Å². The molecule has 0 heterocycles. The smallest absolute Gasteiger partial charge is 0.242 e. The van der Waals surface area contributed by atoms with E-state index in [2.05, 4.69) is 10.6 Å². The maximum Gasteiger partial charge on any atom is 0.242 e. The zero-order valence-corrected chi connectivity index (χ0v) is 15.9. The molecule has 4 N–H and O–H groups in total. The Balaban J connectivity index is 0.00000484. The molecular formula is C16H32ClN3O3. The van der Waals surface area contributed by atoms with Gasteiger partial charge in [0.2, 0.25) is 11.8 Å². The summed E-state index contributed by atoms with van der Waals surface area (Å²) in [6, 6.07) is -0.523. The van der Waals surface area contributed by atoms with Gasteiger partial charge in [-0.25, -0.2) is 0 Å². The third-order valence-corrected chi connectivity index (χ3v) is 4.98. The van der Waals surface area contributed by atoms with Gasteiger partial charge in [0.1, 0.15) is 11.6 Å². The zero-order chi connectivity index (χ0) is 17.1. The summed E-state index contributed by atoms with van der Waals surface area (Å²) in [7, 11) is 0. The van der Waals surface area contributed by atoms with Crippen LogP contribution >= 0.6 is 12.4 Å². The van der Waals surface area contributed by atoms with Gasteiger partial charge in [-0.3, -0.25) is 9.59 Å². The van der Waals surface area contributed by atoms with Crippen molar-refractivity contribution in [2.24, 2.45) is 11.1 Å².